The summed E-state index contributed by atoms with van der Waals surface area (Å²) in [5.41, 5.74) is 1.99. The first-order valence-corrected chi connectivity index (χ1v) is 54.3. The number of ether oxygens (including phenoxy) is 7. The third-order valence-corrected chi connectivity index (χ3v) is 29.3. The van der Waals surface area contributed by atoms with Crippen molar-refractivity contribution in [2.45, 2.75) is 366 Å². The molecule has 0 saturated carbocycles. The third kappa shape index (κ3) is 36.1. The van der Waals surface area contributed by atoms with Gasteiger partial charge in [-0.3, -0.25) is 33.2 Å². The van der Waals surface area contributed by atoms with Crippen molar-refractivity contribution in [1.29, 1.82) is 0 Å². The van der Waals surface area contributed by atoms with Crippen molar-refractivity contribution < 1.29 is 56.6 Å². The highest BCUT2D eigenvalue weighted by Gasteiger charge is 2.49. The molecule has 748 valence electrons. The van der Waals surface area contributed by atoms with E-state index >= 15 is 4.57 Å². The Morgan fingerprint density at radius 2 is 0.860 bits per heavy atom. The van der Waals surface area contributed by atoms with E-state index in [1.165, 1.54) is 272 Å². The summed E-state index contributed by atoms with van der Waals surface area (Å²) in [6.07, 6.45) is 60.6. The molecule has 5 aromatic carbocycles. The molecule has 0 radical (unpaired) electrons. The van der Waals surface area contributed by atoms with Crippen LogP contribution in [0.4, 0.5) is 5.82 Å². The van der Waals surface area contributed by atoms with Gasteiger partial charge in [0.2, 0.25) is 5.75 Å². The normalized spacial score (nSPS) is 15.9. The van der Waals surface area contributed by atoms with E-state index in [9.17, 15) is 24.0 Å². The maximum absolute atomic E-state index is 16.5. The summed E-state index contributed by atoms with van der Waals surface area (Å²) in [5.74, 6) is -0.644. The molecule has 136 heavy (non-hydrogen) atoms. The highest BCUT2D eigenvalue weighted by Crippen LogP contribution is 2.55. The minimum absolute atomic E-state index is 0.122. The van der Waals surface area contributed by atoms with Gasteiger partial charge >= 0.3 is 25.3 Å². The molecule has 2 aliphatic heterocycles. The highest BCUT2D eigenvalue weighted by molar-refractivity contribution is 7.53. The number of imidazole rings is 1. The Balaban J connectivity index is 0.838. The second kappa shape index (κ2) is 62.9. The van der Waals surface area contributed by atoms with E-state index < -0.39 is 74.3 Å². The summed E-state index contributed by atoms with van der Waals surface area (Å²) in [6.45, 7) is 8.25. The van der Waals surface area contributed by atoms with Crippen LogP contribution in [0.15, 0.2) is 162 Å². The number of unbranched alkanes of at least 4 members (excludes halogenated alkanes) is 45. The molecular weight excluding hydrogens is 1730 g/mol. The number of esters is 2. The summed E-state index contributed by atoms with van der Waals surface area (Å²) in [5, 5.41) is 2.94. The van der Waals surface area contributed by atoms with Crippen LogP contribution >= 0.6 is 7.67 Å². The van der Waals surface area contributed by atoms with Gasteiger partial charge in [0.25, 0.3) is 11.5 Å². The van der Waals surface area contributed by atoms with Gasteiger partial charge in [-0.2, -0.15) is 0 Å². The Kier molecular flexibility index (Phi) is 50.5. The number of carbonyl (C=O) groups excluding carboxylic acids is 3. The molecule has 5 heterocycles. The molecule has 2 aliphatic rings. The zero-order chi connectivity index (χ0) is 95.9. The number of aromatic amines is 1. The van der Waals surface area contributed by atoms with Crippen LogP contribution in [0.25, 0.3) is 11.2 Å². The maximum Gasteiger partial charge on any atom is 0.345 e. The van der Waals surface area contributed by atoms with Crippen LogP contribution in [0, 0.1) is 6.92 Å². The van der Waals surface area contributed by atoms with Gasteiger partial charge in [-0.15, -0.1) is 0 Å². The van der Waals surface area contributed by atoms with Crippen molar-refractivity contribution in [1.82, 2.24) is 43.3 Å². The number of nitrogens with zero attached hydrogens (tertiary/aromatic N) is 8. The number of anilines is 1. The van der Waals surface area contributed by atoms with E-state index in [0.717, 1.165) is 74.5 Å². The molecule has 8 aromatic rings. The van der Waals surface area contributed by atoms with Crippen molar-refractivity contribution in [3.8, 4) is 17.2 Å². The van der Waals surface area contributed by atoms with Gasteiger partial charge in [-0.1, -0.05) is 419 Å². The van der Waals surface area contributed by atoms with E-state index in [0.29, 0.717) is 53.8 Å². The largest absolute Gasteiger partial charge is 0.490 e. The van der Waals surface area contributed by atoms with E-state index in [1.54, 1.807) is 68.4 Å². The Morgan fingerprint density at radius 1 is 0.463 bits per heavy atom. The van der Waals surface area contributed by atoms with Gasteiger partial charge in [0, 0.05) is 37.0 Å². The predicted molar refractivity (Wildman–Crippen MR) is 546 cm³/mol. The highest BCUT2D eigenvalue weighted by atomic mass is 31.2. The molecule has 3 aromatic heterocycles. The number of morpholine rings is 2. The predicted octanol–water partition coefficient (Wildman–Crippen LogP) is 26.3. The molecule has 0 spiro atoms. The number of amides is 1. The van der Waals surface area contributed by atoms with Crippen LogP contribution in [0.1, 0.15) is 384 Å². The number of benzene rings is 5. The van der Waals surface area contributed by atoms with Crippen LogP contribution in [0.2, 0.25) is 0 Å². The average molecular weight is 1890 g/mol. The summed E-state index contributed by atoms with van der Waals surface area (Å²) in [6, 6.07) is 42.9. The monoisotopic (exact) mass is 1890 g/mol. The number of hydrogen-bond acceptors (Lipinski definition) is 18. The molecule has 2 N–H and O–H groups in total. The Hall–Kier alpha value is -8.87. The number of carbonyl (C=O) groups is 3. The molecule has 24 nitrogen and oxygen atoms in total. The van der Waals surface area contributed by atoms with E-state index in [2.05, 4.69) is 77.4 Å². The van der Waals surface area contributed by atoms with Crippen molar-refractivity contribution >= 4 is 42.5 Å². The summed E-state index contributed by atoms with van der Waals surface area (Å²) in [4.78, 5) is 88.4. The van der Waals surface area contributed by atoms with Crippen LogP contribution in [-0.2, 0) is 38.4 Å². The minimum Gasteiger partial charge on any atom is -0.490 e. The molecule has 0 aliphatic carbocycles. The van der Waals surface area contributed by atoms with E-state index in [1.807, 2.05) is 65.2 Å². The molecule has 1 amide bonds. The maximum atomic E-state index is 16.5. The van der Waals surface area contributed by atoms with Crippen LogP contribution in [-0.4, -0.2) is 153 Å². The molecule has 2 fully saturated rings. The fourth-order valence-electron chi connectivity index (χ4n) is 19.0. The summed E-state index contributed by atoms with van der Waals surface area (Å²) >= 11 is 0. The molecule has 0 bridgehead atoms. The standard InChI is InChI=1S/C111H165N10O14P/c1-7-10-13-16-19-22-25-28-31-34-37-40-43-46-49-64-75-128-98-78-92(79-99(129-76-65-50-47-44-41-38-35-32-29-26-23-20-17-14-11-8-2)104(98)130-77-66-51-48-45-42-39-36-33-30-27-24-21-18-15-12-9-3)109(125)132-87-102(122)131-85-97-82-119(84-101(135-97)120-80-90(4)107(123)116-110(120)126)136(127,117(5)6)133-86-96-81-118(111(93-69-58-53-59-70-93,94-71-60-54-61-72-94)95-73-62-55-63-74-95)83-100(134-96)121-89-114-103-105(112-88-113-106(103)121)115-108(124)91-67-56-52-57-68-91/h52-63,67-74,78-80,88-89,96-97,100-101H,7-51,64-66,75-77,81-87H2,1-6H3,(H,116,123,126)(H,112,113,115,124). The smallest absolute Gasteiger partial charge is 0.345 e. The molecule has 2 saturated heterocycles. The minimum atomic E-state index is -4.27. The lowest BCUT2D eigenvalue weighted by Gasteiger charge is -2.51. The molecule has 5 atom stereocenters. The number of aromatic nitrogens is 6. The average Bonchev–Trinajstić information content (AvgIpc) is 0.901. The van der Waals surface area contributed by atoms with Crippen LogP contribution in [0.5, 0.6) is 17.2 Å². The van der Waals surface area contributed by atoms with Gasteiger partial charge in [0.05, 0.1) is 56.5 Å². The fraction of sp³-hybridized carbons (Fsp3) is 0.622. The third-order valence-electron chi connectivity index (χ3n) is 26.8. The first-order valence-electron chi connectivity index (χ1n) is 52.8. The van der Waals surface area contributed by atoms with E-state index in [-0.39, 0.29) is 55.6 Å². The van der Waals surface area contributed by atoms with Crippen molar-refractivity contribution in [2.24, 2.45) is 0 Å². The van der Waals surface area contributed by atoms with E-state index in [4.69, 9.17) is 47.6 Å². The lowest BCUT2D eigenvalue weighted by molar-refractivity contribution is -0.163. The number of H-pyrrole nitrogens is 1. The Morgan fingerprint density at radius 3 is 1.29 bits per heavy atom. The molecule has 5 unspecified atom stereocenters. The second-order valence-electron chi connectivity index (χ2n) is 38.0. The molecule has 10 rings (SSSR count). The van der Waals surface area contributed by atoms with Crippen LogP contribution in [0.3, 0.4) is 0 Å². The number of nitrogens with one attached hydrogen (secondary N) is 2. The number of hydrogen-bond donors (Lipinski definition) is 2. The first kappa shape index (κ1) is 109. The number of rotatable bonds is 72. The van der Waals surface area contributed by atoms with Crippen molar-refractivity contribution in [3.05, 3.63) is 207 Å². The fourth-order valence-corrected chi connectivity index (χ4v) is 21.0. The SMILES string of the molecule is CCCCCCCCCCCCCCCCCCOc1cc(C(=O)OCC(=O)OCC2CN(P(=O)(OCC3CN(C(c4ccccc4)(c4ccccc4)c4ccccc4)CC(n4cnc5c(NC(=O)c6ccccc6)ncnc54)O3)N(C)C)CC(n3cc(C)c(=O)[nH]c3=O)O2)cc(OCCCCCCCCCCCCCCCCCC)c1OCCCCCCCCCCCCCCCCCC. The summed E-state index contributed by atoms with van der Waals surface area (Å²) in [7, 11) is -1.00. The quantitative estimate of drug-likeness (QED) is 0.0155. The van der Waals surface area contributed by atoms with Gasteiger partial charge in [-0.25, -0.2) is 38.7 Å². The summed E-state index contributed by atoms with van der Waals surface area (Å²) < 4.78 is 75.3. The number of aryl methyl sites for hydroxylation is 1. The van der Waals surface area contributed by atoms with Crippen LogP contribution < -0.4 is 30.8 Å². The Bertz CT molecular complexity index is 4670. The molecule has 25 heteroatoms. The second-order valence-corrected chi connectivity index (χ2v) is 40.6. The number of fused-ring (bicyclic) bond motifs is 1. The van der Waals surface area contributed by atoms with Crippen molar-refractivity contribution in [2.75, 3.05) is 85.2 Å². The van der Waals surface area contributed by atoms with Gasteiger partial charge in [-0.05, 0) is 81.2 Å². The van der Waals surface area contributed by atoms with Gasteiger partial charge < -0.3 is 43.0 Å². The molecular formula is C111H165N10O14P. The first-order chi connectivity index (χ1) is 66.6. The zero-order valence-corrected chi connectivity index (χ0v) is 84.4. The van der Waals surface area contributed by atoms with Gasteiger partial charge in [0.15, 0.2) is 41.3 Å². The van der Waals surface area contributed by atoms with Gasteiger partial charge in [0.1, 0.15) is 25.3 Å². The lowest BCUT2D eigenvalue weighted by Crippen LogP contribution is -2.57. The zero-order valence-electron chi connectivity index (χ0n) is 83.5. The van der Waals surface area contributed by atoms with Crippen molar-refractivity contribution in [3.63, 3.8) is 0 Å². The topological polar surface area (TPSA) is 262 Å². The lowest BCUT2D eigenvalue weighted by atomic mass is 9.75. The Labute approximate surface area is 812 Å².